The standard InChI is InChI=1S/4ClH.2H2O.2Zn/h4*1H;2*1H2;;/q;;;;;;2*+2/p-4. The van der Waals surface area contributed by atoms with E-state index in [4.69, 9.17) is 38.8 Å². The van der Waals surface area contributed by atoms with Gasteiger partial charge in [-0.25, -0.2) is 0 Å². The van der Waals surface area contributed by atoms with Gasteiger partial charge in [-0.1, -0.05) is 0 Å². The first kappa shape index (κ1) is 22.4. The van der Waals surface area contributed by atoms with Crippen LogP contribution in [0.5, 0.6) is 0 Å². The third kappa shape index (κ3) is 82.6. The molecular weight excluding hydrogens is 305 g/mol. The van der Waals surface area contributed by atoms with Crippen LogP contribution in [0.3, 0.4) is 0 Å². The summed E-state index contributed by atoms with van der Waals surface area (Å²) in [6.45, 7) is 0. The molecule has 0 unspecified atom stereocenters. The average molecular weight is 309 g/mol. The molecule has 0 amide bonds. The van der Waals surface area contributed by atoms with E-state index in [2.05, 4.69) is 0 Å². The molecule has 0 atom stereocenters. The molecule has 0 aromatic carbocycles. The monoisotopic (exact) mass is 304 g/mol. The average Bonchev–Trinajstić information content (AvgIpc) is 1.39. The summed E-state index contributed by atoms with van der Waals surface area (Å²) in [5, 5.41) is 0. The predicted molar refractivity (Wildman–Crippen MR) is 30.6 cm³/mol. The van der Waals surface area contributed by atoms with Crippen molar-refractivity contribution < 1.29 is 41.2 Å². The van der Waals surface area contributed by atoms with Crippen molar-refractivity contribution in [2.24, 2.45) is 0 Å². The molecule has 0 heterocycles. The predicted octanol–water partition coefficient (Wildman–Crippen LogP) is 1.10. The fraction of sp³-hybridized carbons (Fsp3) is 0. The normalized spacial score (nSPS) is 2.50. The molecule has 0 spiro atoms. The summed E-state index contributed by atoms with van der Waals surface area (Å²) < 4.78 is 0. The Kier molecular flexibility index (Phi) is 96.9. The van der Waals surface area contributed by atoms with Crippen LogP contribution < -0.4 is 0 Å². The molecule has 8 heavy (non-hydrogen) atoms. The van der Waals surface area contributed by atoms with Crippen LogP contribution in [0.15, 0.2) is 0 Å². The summed E-state index contributed by atoms with van der Waals surface area (Å²) in [5.74, 6) is 0. The van der Waals surface area contributed by atoms with E-state index in [-0.39, 0.29) is 11.0 Å². The molecule has 8 heteroatoms. The molecule has 2 nitrogen and oxygen atoms in total. The van der Waals surface area contributed by atoms with E-state index in [0.29, 0.717) is 0 Å². The Balaban J connectivity index is -0.0000000160. The Bertz CT molecular complexity index is 14.0. The third-order valence-corrected chi connectivity index (χ3v) is 0. The van der Waals surface area contributed by atoms with Gasteiger partial charge in [-0.15, -0.1) is 0 Å². The molecule has 0 saturated carbocycles. The van der Waals surface area contributed by atoms with Gasteiger partial charge in [0.25, 0.3) is 0 Å². The van der Waals surface area contributed by atoms with Crippen molar-refractivity contribution >= 4 is 38.8 Å². The SMILES string of the molecule is O.O.[Cl][Zn][Cl].[Cl][Zn][Cl]. The number of hydrogen-bond acceptors (Lipinski definition) is 0. The molecule has 0 aliphatic heterocycles. The van der Waals surface area contributed by atoms with E-state index in [1.54, 1.807) is 0 Å². The number of halogens is 4. The molecule has 0 fully saturated rings. The summed E-state index contributed by atoms with van der Waals surface area (Å²) in [4.78, 5) is 0. The Morgan fingerprint density at radius 3 is 0.625 bits per heavy atom. The van der Waals surface area contributed by atoms with Crippen molar-refractivity contribution in [2.75, 3.05) is 0 Å². The van der Waals surface area contributed by atoms with E-state index in [0.717, 1.165) is 0 Å². The van der Waals surface area contributed by atoms with Gasteiger partial charge in [0, 0.05) is 0 Å². The van der Waals surface area contributed by atoms with Gasteiger partial charge in [-0.2, -0.15) is 0 Å². The molecule has 0 aromatic heterocycles. The minimum absolute atomic E-state index is 0. The Hall–Kier alpha value is 2.33. The first-order chi connectivity index (χ1) is 2.83. The van der Waals surface area contributed by atoms with E-state index in [1.807, 2.05) is 0 Å². The van der Waals surface area contributed by atoms with Crippen molar-refractivity contribution in [3.63, 3.8) is 0 Å². The van der Waals surface area contributed by atoms with Crippen LogP contribution in [0.4, 0.5) is 0 Å². The third-order valence-electron chi connectivity index (χ3n) is 0. The molecule has 0 saturated heterocycles. The maximum atomic E-state index is 4.95. The summed E-state index contributed by atoms with van der Waals surface area (Å²) in [7, 11) is 19.8. The van der Waals surface area contributed by atoms with Gasteiger partial charge in [0.05, 0.1) is 0 Å². The molecule has 0 bridgehead atoms. The van der Waals surface area contributed by atoms with Crippen molar-refractivity contribution in [3.8, 4) is 0 Å². The Morgan fingerprint density at radius 2 is 0.625 bits per heavy atom. The van der Waals surface area contributed by atoms with Crippen LogP contribution in [0, 0.1) is 0 Å². The zero-order chi connectivity index (χ0) is 5.41. The summed E-state index contributed by atoms with van der Waals surface area (Å²) in [6, 6.07) is 0. The summed E-state index contributed by atoms with van der Waals surface area (Å²) in [5.41, 5.74) is 0. The zero-order valence-electron chi connectivity index (χ0n) is 3.93. The number of rotatable bonds is 0. The molecule has 0 radical (unpaired) electrons. The molecule has 4 N–H and O–H groups in total. The van der Waals surface area contributed by atoms with E-state index in [9.17, 15) is 0 Å². The quantitative estimate of drug-likeness (QED) is 0.602. The number of hydrogen-bond donors (Lipinski definition) is 0. The zero-order valence-corrected chi connectivity index (χ0v) is 12.9. The van der Waals surface area contributed by atoms with Crippen LogP contribution in [-0.2, 0) is 30.3 Å². The second-order valence-electron chi connectivity index (χ2n) is 0.202. The molecule has 48 valence electrons. The second kappa shape index (κ2) is 34.5. The van der Waals surface area contributed by atoms with E-state index in [1.165, 1.54) is 0 Å². The van der Waals surface area contributed by atoms with Gasteiger partial charge >= 0.3 is 69.1 Å². The molecule has 0 aromatic rings. The van der Waals surface area contributed by atoms with Gasteiger partial charge < -0.3 is 11.0 Å². The first-order valence-corrected chi connectivity index (χ1v) is 16.7. The van der Waals surface area contributed by atoms with Crippen LogP contribution in [0.2, 0.25) is 0 Å². The topological polar surface area (TPSA) is 63.0 Å². The van der Waals surface area contributed by atoms with E-state index >= 15 is 0 Å². The van der Waals surface area contributed by atoms with Crippen LogP contribution in [-0.4, -0.2) is 11.0 Å². The Labute approximate surface area is 79.2 Å². The van der Waals surface area contributed by atoms with Gasteiger partial charge in [-0.05, 0) is 0 Å². The van der Waals surface area contributed by atoms with Crippen molar-refractivity contribution in [1.82, 2.24) is 0 Å². The van der Waals surface area contributed by atoms with Gasteiger partial charge in [0.1, 0.15) is 0 Å². The van der Waals surface area contributed by atoms with Crippen molar-refractivity contribution in [1.29, 1.82) is 0 Å². The van der Waals surface area contributed by atoms with Gasteiger partial charge in [-0.3, -0.25) is 0 Å². The van der Waals surface area contributed by atoms with Crippen molar-refractivity contribution in [3.05, 3.63) is 0 Å². The van der Waals surface area contributed by atoms with Gasteiger partial charge in [0.15, 0.2) is 0 Å². The van der Waals surface area contributed by atoms with Crippen LogP contribution >= 0.6 is 38.8 Å². The fourth-order valence-electron chi connectivity index (χ4n) is 0. The van der Waals surface area contributed by atoms with Crippen LogP contribution in [0.25, 0.3) is 0 Å². The first-order valence-electron chi connectivity index (χ1n) is 1.07. The summed E-state index contributed by atoms with van der Waals surface area (Å²) in [6.07, 6.45) is 0. The molecule has 0 aliphatic carbocycles. The van der Waals surface area contributed by atoms with Crippen molar-refractivity contribution in [2.45, 2.75) is 0 Å². The van der Waals surface area contributed by atoms with Crippen LogP contribution in [0.1, 0.15) is 0 Å². The molecular formula is H4Cl4O2Zn2. The van der Waals surface area contributed by atoms with E-state index < -0.39 is 30.3 Å². The maximum absolute atomic E-state index is 4.95. The Morgan fingerprint density at radius 1 is 0.625 bits per heavy atom. The second-order valence-corrected chi connectivity index (χ2v) is 9.45. The minimum atomic E-state index is -0.931. The summed E-state index contributed by atoms with van der Waals surface area (Å²) >= 11 is -1.86. The fourth-order valence-corrected chi connectivity index (χ4v) is 0. The molecule has 0 rings (SSSR count). The van der Waals surface area contributed by atoms with Gasteiger partial charge in [0.2, 0.25) is 0 Å². The molecule has 0 aliphatic rings.